The average Bonchev–Trinajstić information content (AvgIpc) is 3.39. The third kappa shape index (κ3) is 7.44. The highest BCUT2D eigenvalue weighted by atomic mass is 79.9. The van der Waals surface area contributed by atoms with E-state index in [1.54, 1.807) is 13.2 Å². The maximum Gasteiger partial charge on any atom is 0.250 e. The zero-order valence-electron chi connectivity index (χ0n) is 20.6. The predicted molar refractivity (Wildman–Crippen MR) is 152 cm³/mol. The Balaban J connectivity index is 1.37. The Morgan fingerprint density at radius 2 is 1.86 bits per heavy atom. The normalized spacial score (nSPS) is 10.9. The predicted octanol–water partition coefficient (Wildman–Crippen LogP) is 7.60. The van der Waals surface area contributed by atoms with Crippen LogP contribution in [0.5, 0.6) is 17.2 Å². The van der Waals surface area contributed by atoms with Crippen molar-refractivity contribution < 1.29 is 19.0 Å². The summed E-state index contributed by atoms with van der Waals surface area (Å²) < 4.78 is 17.9. The van der Waals surface area contributed by atoms with Gasteiger partial charge in [-0.25, -0.2) is 4.98 Å². The largest absolute Gasteiger partial charge is 0.494 e. The summed E-state index contributed by atoms with van der Waals surface area (Å²) >= 11 is 4.93. The number of amides is 1. The van der Waals surface area contributed by atoms with Crippen molar-refractivity contribution in [3.05, 3.63) is 93.8 Å². The van der Waals surface area contributed by atoms with Gasteiger partial charge in [0.05, 0.1) is 23.9 Å². The van der Waals surface area contributed by atoms with E-state index < -0.39 is 0 Å². The minimum atomic E-state index is -0.274. The highest BCUT2D eigenvalue weighted by Crippen LogP contribution is 2.37. The van der Waals surface area contributed by atoms with Gasteiger partial charge in [0, 0.05) is 17.0 Å². The summed E-state index contributed by atoms with van der Waals surface area (Å²) in [7, 11) is 1.59. The fraction of sp³-hybridized carbons (Fsp3) is 0.172. The minimum Gasteiger partial charge on any atom is -0.494 e. The molecule has 0 unspecified atom stereocenters. The average molecular weight is 580 g/mol. The fourth-order valence-corrected chi connectivity index (χ4v) is 4.73. The summed E-state index contributed by atoms with van der Waals surface area (Å²) in [6, 6.07) is 21.4. The van der Waals surface area contributed by atoms with E-state index in [1.165, 1.54) is 17.4 Å². The maximum absolute atomic E-state index is 12.5. The van der Waals surface area contributed by atoms with Gasteiger partial charge in [-0.1, -0.05) is 37.3 Å². The molecule has 0 atom stereocenters. The maximum atomic E-state index is 12.5. The number of aromatic nitrogens is 1. The molecular formula is C29H27BrN2O4S. The Morgan fingerprint density at radius 3 is 2.59 bits per heavy atom. The van der Waals surface area contributed by atoms with Gasteiger partial charge in [-0.05, 0) is 76.0 Å². The molecule has 1 N–H and O–H groups in total. The van der Waals surface area contributed by atoms with Crippen LogP contribution in [0.3, 0.4) is 0 Å². The number of nitrogens with one attached hydrogen (secondary N) is 1. The summed E-state index contributed by atoms with van der Waals surface area (Å²) in [6.07, 6.45) is 4.14. The van der Waals surface area contributed by atoms with E-state index in [9.17, 15) is 4.79 Å². The smallest absolute Gasteiger partial charge is 0.250 e. The van der Waals surface area contributed by atoms with E-state index in [1.807, 2.05) is 72.1 Å². The molecule has 3 aromatic carbocycles. The molecule has 0 bridgehead atoms. The lowest BCUT2D eigenvalue weighted by Crippen LogP contribution is -2.07. The quantitative estimate of drug-likeness (QED) is 0.185. The first kappa shape index (κ1) is 26.4. The Bertz CT molecular complexity index is 1350. The van der Waals surface area contributed by atoms with Crippen molar-refractivity contribution in [1.82, 2.24) is 4.98 Å². The lowest BCUT2D eigenvalue weighted by Gasteiger charge is -2.13. The Hall–Kier alpha value is -3.62. The number of thiazole rings is 1. The van der Waals surface area contributed by atoms with Crippen LogP contribution in [0.25, 0.3) is 17.3 Å². The molecule has 0 spiro atoms. The van der Waals surface area contributed by atoms with Gasteiger partial charge in [-0.2, -0.15) is 0 Å². The second-order valence-electron chi connectivity index (χ2n) is 8.04. The van der Waals surface area contributed by atoms with Gasteiger partial charge in [-0.15, -0.1) is 11.3 Å². The summed E-state index contributed by atoms with van der Waals surface area (Å²) in [5, 5.41) is 5.27. The number of hydrogen-bond donors (Lipinski definition) is 1. The van der Waals surface area contributed by atoms with Gasteiger partial charge < -0.3 is 14.2 Å². The molecule has 6 nitrogen and oxygen atoms in total. The summed E-state index contributed by atoms with van der Waals surface area (Å²) in [6.45, 7) is 3.18. The summed E-state index contributed by atoms with van der Waals surface area (Å²) in [5.41, 5.74) is 3.60. The van der Waals surface area contributed by atoms with Crippen molar-refractivity contribution in [2.45, 2.75) is 20.0 Å². The third-order valence-electron chi connectivity index (χ3n) is 5.26. The number of benzene rings is 3. The van der Waals surface area contributed by atoms with Crippen molar-refractivity contribution >= 4 is 44.4 Å². The minimum absolute atomic E-state index is 0.274. The molecule has 0 aliphatic rings. The van der Waals surface area contributed by atoms with Crippen LogP contribution < -0.4 is 19.5 Å². The van der Waals surface area contributed by atoms with E-state index in [4.69, 9.17) is 14.2 Å². The van der Waals surface area contributed by atoms with Crippen LogP contribution in [0.4, 0.5) is 5.13 Å². The highest BCUT2D eigenvalue weighted by Gasteiger charge is 2.12. The lowest BCUT2D eigenvalue weighted by molar-refractivity contribution is -0.111. The number of methoxy groups -OCH3 is 1. The molecule has 190 valence electrons. The molecule has 0 saturated carbocycles. The number of rotatable bonds is 11. The van der Waals surface area contributed by atoms with Crippen LogP contribution in [0.2, 0.25) is 0 Å². The monoisotopic (exact) mass is 578 g/mol. The molecule has 1 aromatic heterocycles. The van der Waals surface area contributed by atoms with Crippen LogP contribution in [-0.4, -0.2) is 24.6 Å². The van der Waals surface area contributed by atoms with Gasteiger partial charge in [-0.3, -0.25) is 10.1 Å². The second-order valence-corrected chi connectivity index (χ2v) is 9.75. The Morgan fingerprint density at radius 1 is 1.08 bits per heavy atom. The first-order valence-corrected chi connectivity index (χ1v) is 13.4. The molecule has 4 rings (SSSR count). The van der Waals surface area contributed by atoms with E-state index in [0.29, 0.717) is 29.8 Å². The molecule has 1 amide bonds. The van der Waals surface area contributed by atoms with Crippen LogP contribution >= 0.6 is 27.3 Å². The molecule has 0 aliphatic carbocycles. The number of carbonyl (C=O) groups excluding carboxylic acids is 1. The zero-order valence-corrected chi connectivity index (χ0v) is 23.0. The topological polar surface area (TPSA) is 69.7 Å². The van der Waals surface area contributed by atoms with Gasteiger partial charge in [0.15, 0.2) is 16.6 Å². The fourth-order valence-electron chi connectivity index (χ4n) is 3.43. The first-order chi connectivity index (χ1) is 18.1. The highest BCUT2D eigenvalue weighted by molar-refractivity contribution is 9.10. The lowest BCUT2D eigenvalue weighted by atomic mass is 10.2. The number of carbonyl (C=O) groups is 1. The van der Waals surface area contributed by atoms with Crippen molar-refractivity contribution in [2.24, 2.45) is 0 Å². The van der Waals surface area contributed by atoms with Crippen molar-refractivity contribution in [3.8, 4) is 28.5 Å². The van der Waals surface area contributed by atoms with Gasteiger partial charge in [0.2, 0.25) is 5.91 Å². The van der Waals surface area contributed by atoms with Crippen LogP contribution in [0.1, 0.15) is 24.5 Å². The molecule has 0 radical (unpaired) electrons. The molecule has 0 saturated heterocycles. The van der Waals surface area contributed by atoms with Crippen molar-refractivity contribution in [3.63, 3.8) is 0 Å². The van der Waals surface area contributed by atoms with E-state index >= 15 is 0 Å². The molecule has 0 fully saturated rings. The van der Waals surface area contributed by atoms with Crippen molar-refractivity contribution in [2.75, 3.05) is 19.0 Å². The number of nitrogens with zero attached hydrogens (tertiary/aromatic N) is 1. The third-order valence-corrected chi connectivity index (χ3v) is 6.61. The van der Waals surface area contributed by atoms with Gasteiger partial charge in [0.25, 0.3) is 0 Å². The zero-order chi connectivity index (χ0) is 26.0. The number of ether oxygens (including phenoxy) is 3. The Kier molecular flexibility index (Phi) is 9.35. The summed E-state index contributed by atoms with van der Waals surface area (Å²) in [5.74, 6) is 1.73. The standard InChI is InChI=1S/C29H27BrN2O4S/c1-3-15-35-23-12-10-22(11-13-23)25-19-37-29(31-25)32-27(33)14-9-21-16-24(30)28(26(17-21)34-2)36-18-20-7-5-4-6-8-20/h4-14,16-17,19H,3,15,18H2,1-2H3,(H,31,32,33)/b14-9+. The van der Waals surface area contributed by atoms with E-state index in [-0.39, 0.29) is 5.91 Å². The molecule has 4 aromatic rings. The van der Waals surface area contributed by atoms with Crippen LogP contribution in [0, 0.1) is 0 Å². The number of hydrogen-bond acceptors (Lipinski definition) is 6. The SMILES string of the molecule is CCCOc1ccc(-c2csc(NC(=O)/C=C/c3cc(Br)c(OCc4ccccc4)c(OC)c3)n2)cc1. The molecule has 8 heteroatoms. The van der Waals surface area contributed by atoms with E-state index in [0.717, 1.165) is 39.0 Å². The van der Waals surface area contributed by atoms with Gasteiger partial charge >= 0.3 is 0 Å². The van der Waals surface area contributed by atoms with Crippen LogP contribution in [-0.2, 0) is 11.4 Å². The number of anilines is 1. The second kappa shape index (κ2) is 13.1. The molecular weight excluding hydrogens is 552 g/mol. The van der Waals surface area contributed by atoms with E-state index in [2.05, 4.69) is 33.2 Å². The van der Waals surface area contributed by atoms with Crippen LogP contribution in [0.15, 0.2) is 82.7 Å². The molecule has 37 heavy (non-hydrogen) atoms. The first-order valence-electron chi connectivity index (χ1n) is 11.8. The molecule has 0 aliphatic heterocycles. The Labute approximate surface area is 229 Å². The number of halogens is 1. The van der Waals surface area contributed by atoms with Crippen molar-refractivity contribution in [1.29, 1.82) is 0 Å². The van der Waals surface area contributed by atoms with Gasteiger partial charge in [0.1, 0.15) is 12.4 Å². The molecule has 1 heterocycles. The summed E-state index contributed by atoms with van der Waals surface area (Å²) in [4.78, 5) is 17.1.